The van der Waals surface area contributed by atoms with E-state index in [9.17, 15) is 8.42 Å². The van der Waals surface area contributed by atoms with Gasteiger partial charge in [-0.25, -0.2) is 13.1 Å². The maximum atomic E-state index is 11.3. The van der Waals surface area contributed by atoms with Gasteiger partial charge in [-0.3, -0.25) is 0 Å². The Labute approximate surface area is 129 Å². The van der Waals surface area contributed by atoms with Gasteiger partial charge in [0.05, 0.1) is 6.26 Å². The van der Waals surface area contributed by atoms with E-state index in [0.717, 1.165) is 5.69 Å². The molecule has 8 heteroatoms. The fourth-order valence-corrected chi connectivity index (χ4v) is 3.65. The van der Waals surface area contributed by atoms with Crippen LogP contribution in [0.4, 0.5) is 11.4 Å². The maximum absolute atomic E-state index is 11.3. The van der Waals surface area contributed by atoms with Gasteiger partial charge in [-0.2, -0.15) is 0 Å². The zero-order valence-corrected chi connectivity index (χ0v) is 13.3. The molecule has 116 valence electrons. The summed E-state index contributed by atoms with van der Waals surface area (Å²) in [7, 11) is -3.18. The number of benzene rings is 1. The first-order valence-corrected chi connectivity index (χ1v) is 8.89. The van der Waals surface area contributed by atoms with E-state index >= 15 is 0 Å². The molecule has 0 spiro atoms. The minimum Gasteiger partial charge on any atom is -0.398 e. The molecule has 2 rings (SSSR count). The smallest absolute Gasteiger partial charge is 0.208 e. The second kappa shape index (κ2) is 6.21. The molecule has 0 saturated carbocycles. The third kappa shape index (κ3) is 4.09. The maximum Gasteiger partial charge on any atom is 0.208 e. The summed E-state index contributed by atoms with van der Waals surface area (Å²) in [5, 5.41) is 8.04. The van der Waals surface area contributed by atoms with Gasteiger partial charge in [-0.05, 0) is 25.0 Å². The van der Waals surface area contributed by atoms with Crippen LogP contribution in [0.5, 0.6) is 0 Å². The third-order valence-electron chi connectivity index (χ3n) is 3.52. The first-order chi connectivity index (χ1) is 9.80. The minimum atomic E-state index is -3.18. The van der Waals surface area contributed by atoms with E-state index in [4.69, 9.17) is 22.7 Å². The summed E-state index contributed by atoms with van der Waals surface area (Å²) in [6.45, 7) is 1.38. The summed E-state index contributed by atoms with van der Waals surface area (Å²) < 4.78 is 25.1. The largest absolute Gasteiger partial charge is 0.398 e. The summed E-state index contributed by atoms with van der Waals surface area (Å²) in [6, 6.07) is 3.38. The molecule has 0 bridgehead atoms. The molecule has 1 heterocycles. The Kier molecular flexibility index (Phi) is 4.75. The Bertz CT molecular complexity index is 640. The SMILES string of the molecule is CS(=O)(=O)NC1CCN(c2cc(Cl)cc(N)c2C=N)CC1. The first kappa shape index (κ1) is 16.1. The van der Waals surface area contributed by atoms with E-state index < -0.39 is 10.0 Å². The Morgan fingerprint density at radius 2 is 2.05 bits per heavy atom. The van der Waals surface area contributed by atoms with Gasteiger partial charge < -0.3 is 16.0 Å². The van der Waals surface area contributed by atoms with E-state index in [-0.39, 0.29) is 6.04 Å². The van der Waals surface area contributed by atoms with Crippen LogP contribution >= 0.6 is 11.6 Å². The highest BCUT2D eigenvalue weighted by Crippen LogP contribution is 2.30. The standard InChI is InChI=1S/C13H19ClN4O2S/c1-21(19,20)17-10-2-4-18(5-3-10)13-7-9(14)6-12(16)11(13)8-15/h6-8,10,15,17H,2-5,16H2,1H3. The van der Waals surface area contributed by atoms with E-state index in [2.05, 4.69) is 9.62 Å². The fraction of sp³-hybridized carbons (Fsp3) is 0.462. The van der Waals surface area contributed by atoms with Crippen LogP contribution in [-0.4, -0.2) is 40.0 Å². The number of nitrogens with one attached hydrogen (secondary N) is 2. The van der Waals surface area contributed by atoms with Crippen molar-refractivity contribution in [3.63, 3.8) is 0 Å². The lowest BCUT2D eigenvalue weighted by Gasteiger charge is -2.34. The van der Waals surface area contributed by atoms with E-state index in [1.807, 2.05) is 0 Å². The Hall–Kier alpha value is -1.31. The lowest BCUT2D eigenvalue weighted by atomic mass is 10.0. The van der Waals surface area contributed by atoms with E-state index in [1.54, 1.807) is 12.1 Å². The van der Waals surface area contributed by atoms with Gasteiger partial charge in [0.15, 0.2) is 0 Å². The quantitative estimate of drug-likeness (QED) is 0.574. The van der Waals surface area contributed by atoms with Gasteiger partial charge in [0.1, 0.15) is 0 Å². The molecule has 0 atom stereocenters. The van der Waals surface area contributed by atoms with E-state index in [1.165, 1.54) is 12.5 Å². The van der Waals surface area contributed by atoms with Gasteiger partial charge in [-0.15, -0.1) is 0 Å². The third-order valence-corrected chi connectivity index (χ3v) is 4.50. The average Bonchev–Trinajstić information content (AvgIpc) is 2.37. The molecular weight excluding hydrogens is 312 g/mol. The van der Waals surface area contributed by atoms with Crippen LogP contribution in [0.15, 0.2) is 12.1 Å². The summed E-state index contributed by atoms with van der Waals surface area (Å²) in [5.74, 6) is 0. The van der Waals surface area contributed by atoms with Gasteiger partial charge in [0, 0.05) is 47.3 Å². The summed E-state index contributed by atoms with van der Waals surface area (Å²) in [6.07, 6.45) is 3.81. The average molecular weight is 331 g/mol. The number of nitrogens with zero attached hydrogens (tertiary/aromatic N) is 1. The van der Waals surface area contributed by atoms with Crippen LogP contribution in [0.2, 0.25) is 5.02 Å². The van der Waals surface area contributed by atoms with Gasteiger partial charge >= 0.3 is 0 Å². The monoisotopic (exact) mass is 330 g/mol. The lowest BCUT2D eigenvalue weighted by molar-refractivity contribution is 0.461. The minimum absolute atomic E-state index is 0.0452. The number of piperidine rings is 1. The predicted octanol–water partition coefficient (Wildman–Crippen LogP) is 1.44. The topological polar surface area (TPSA) is 99.3 Å². The van der Waals surface area contributed by atoms with Crippen molar-refractivity contribution in [3.05, 3.63) is 22.7 Å². The van der Waals surface area contributed by atoms with Crippen molar-refractivity contribution >= 4 is 39.2 Å². The van der Waals surface area contributed by atoms with Gasteiger partial charge in [0.25, 0.3) is 0 Å². The molecule has 21 heavy (non-hydrogen) atoms. The molecule has 0 aliphatic carbocycles. The van der Waals surface area contributed by atoms with E-state index in [0.29, 0.717) is 42.2 Å². The predicted molar refractivity (Wildman–Crippen MR) is 87.0 cm³/mol. The van der Waals surface area contributed by atoms with Crippen LogP contribution in [-0.2, 0) is 10.0 Å². The number of anilines is 2. The number of nitrogens with two attached hydrogens (primary N) is 1. The lowest BCUT2D eigenvalue weighted by Crippen LogP contribution is -2.44. The van der Waals surface area contributed by atoms with Crippen molar-refractivity contribution in [1.82, 2.24) is 4.72 Å². The summed E-state index contributed by atoms with van der Waals surface area (Å²) in [4.78, 5) is 2.09. The molecule has 0 amide bonds. The molecule has 1 aromatic carbocycles. The molecule has 1 aliphatic rings. The highest BCUT2D eigenvalue weighted by atomic mass is 35.5. The van der Waals surface area contributed by atoms with Crippen molar-refractivity contribution in [1.29, 1.82) is 5.41 Å². The van der Waals surface area contributed by atoms with Crippen molar-refractivity contribution in [2.24, 2.45) is 0 Å². The van der Waals surface area contributed by atoms with Crippen molar-refractivity contribution in [3.8, 4) is 0 Å². The molecule has 6 nitrogen and oxygen atoms in total. The Morgan fingerprint density at radius 1 is 1.43 bits per heavy atom. The molecule has 1 fully saturated rings. The van der Waals surface area contributed by atoms with Crippen LogP contribution in [0.25, 0.3) is 0 Å². The highest BCUT2D eigenvalue weighted by Gasteiger charge is 2.23. The molecule has 0 aromatic heterocycles. The van der Waals surface area contributed by atoms with Crippen LogP contribution < -0.4 is 15.4 Å². The van der Waals surface area contributed by atoms with Crippen LogP contribution in [0, 0.1) is 5.41 Å². The number of halogens is 1. The first-order valence-electron chi connectivity index (χ1n) is 6.62. The summed E-state index contributed by atoms with van der Waals surface area (Å²) >= 11 is 6.04. The number of rotatable bonds is 4. The molecule has 0 radical (unpaired) electrons. The van der Waals surface area contributed by atoms with Gasteiger partial charge in [0.2, 0.25) is 10.0 Å². The molecule has 4 N–H and O–H groups in total. The number of hydrogen-bond donors (Lipinski definition) is 3. The molecule has 1 aliphatic heterocycles. The van der Waals surface area contributed by atoms with Crippen molar-refractivity contribution in [2.75, 3.05) is 30.0 Å². The zero-order chi connectivity index (χ0) is 15.6. The van der Waals surface area contributed by atoms with Crippen molar-refractivity contribution < 1.29 is 8.42 Å². The van der Waals surface area contributed by atoms with Gasteiger partial charge in [-0.1, -0.05) is 11.6 Å². The van der Waals surface area contributed by atoms with Crippen LogP contribution in [0.3, 0.4) is 0 Å². The molecule has 1 aromatic rings. The fourth-order valence-electron chi connectivity index (χ4n) is 2.58. The number of hydrogen-bond acceptors (Lipinski definition) is 5. The van der Waals surface area contributed by atoms with Crippen molar-refractivity contribution in [2.45, 2.75) is 18.9 Å². The second-order valence-corrected chi connectivity index (χ2v) is 7.44. The Balaban J connectivity index is 2.14. The number of sulfonamides is 1. The summed E-state index contributed by atoms with van der Waals surface area (Å²) in [5.41, 5.74) is 7.85. The highest BCUT2D eigenvalue weighted by molar-refractivity contribution is 7.88. The second-order valence-electron chi connectivity index (χ2n) is 5.22. The zero-order valence-electron chi connectivity index (χ0n) is 11.8. The Morgan fingerprint density at radius 3 is 2.57 bits per heavy atom. The molecular formula is C13H19ClN4O2S. The van der Waals surface area contributed by atoms with Crippen LogP contribution in [0.1, 0.15) is 18.4 Å². The normalized spacial score (nSPS) is 17.0. The number of nitrogen functional groups attached to an aromatic ring is 1. The molecule has 0 unspecified atom stereocenters. The molecule has 1 saturated heterocycles.